The SMILES string of the molecule is N#Cc1c(N2CCNCC2C(=O)c2ccsc2)c2ccccc2n(Cc2ccc(F)cc2)c1=O. The minimum absolute atomic E-state index is 0.00540. The monoisotopic (exact) mass is 472 g/mol. The maximum atomic E-state index is 13.6. The van der Waals surface area contributed by atoms with Crippen molar-refractivity contribution < 1.29 is 9.18 Å². The van der Waals surface area contributed by atoms with Crippen LogP contribution in [0.4, 0.5) is 10.1 Å². The van der Waals surface area contributed by atoms with Gasteiger partial charge in [0.2, 0.25) is 0 Å². The van der Waals surface area contributed by atoms with Gasteiger partial charge in [0.25, 0.3) is 5.56 Å². The minimum atomic E-state index is -0.536. The molecule has 0 aliphatic carbocycles. The molecule has 0 spiro atoms. The molecule has 1 unspecified atom stereocenters. The van der Waals surface area contributed by atoms with E-state index in [0.717, 1.165) is 10.9 Å². The van der Waals surface area contributed by atoms with E-state index in [4.69, 9.17) is 0 Å². The summed E-state index contributed by atoms with van der Waals surface area (Å²) >= 11 is 1.46. The Kier molecular flexibility index (Phi) is 5.97. The van der Waals surface area contributed by atoms with Crippen molar-refractivity contribution in [2.24, 2.45) is 0 Å². The molecule has 1 atom stereocenters. The number of para-hydroxylation sites is 1. The lowest BCUT2D eigenvalue weighted by Gasteiger charge is -2.38. The molecule has 1 N–H and O–H groups in total. The number of Topliss-reactive ketones (excluding diaryl/α,β-unsaturated/α-hetero) is 1. The smallest absolute Gasteiger partial charge is 0.271 e. The summed E-state index contributed by atoms with van der Waals surface area (Å²) < 4.78 is 14.9. The van der Waals surface area contributed by atoms with E-state index in [2.05, 4.69) is 11.4 Å². The lowest BCUT2D eigenvalue weighted by molar-refractivity contribution is 0.0951. The van der Waals surface area contributed by atoms with E-state index in [9.17, 15) is 19.2 Å². The number of nitriles is 1. The molecule has 170 valence electrons. The molecule has 1 fully saturated rings. The third-order valence-corrected chi connectivity index (χ3v) is 6.83. The highest BCUT2D eigenvalue weighted by Gasteiger charge is 2.33. The Labute approximate surface area is 199 Å². The number of nitrogens with one attached hydrogen (secondary N) is 1. The Morgan fingerprint density at radius 2 is 1.97 bits per heavy atom. The molecule has 3 heterocycles. The van der Waals surface area contributed by atoms with Crippen molar-refractivity contribution in [3.05, 3.63) is 98.2 Å². The summed E-state index contributed by atoms with van der Waals surface area (Å²) in [6, 6.07) is 16.7. The minimum Gasteiger partial charge on any atom is -0.357 e. The van der Waals surface area contributed by atoms with E-state index in [-0.39, 0.29) is 23.7 Å². The number of ketones is 1. The summed E-state index contributed by atoms with van der Waals surface area (Å²) in [5.41, 5.74) is 2.10. The second kappa shape index (κ2) is 9.21. The van der Waals surface area contributed by atoms with Crippen molar-refractivity contribution >= 4 is 33.7 Å². The Bertz CT molecular complexity index is 1460. The van der Waals surface area contributed by atoms with Crippen molar-refractivity contribution in [2.75, 3.05) is 24.5 Å². The number of rotatable bonds is 5. The first-order valence-electron chi connectivity index (χ1n) is 10.9. The van der Waals surface area contributed by atoms with Gasteiger partial charge in [0.15, 0.2) is 5.78 Å². The fourth-order valence-corrected chi connectivity index (χ4v) is 5.17. The molecule has 1 aliphatic heterocycles. The van der Waals surface area contributed by atoms with Gasteiger partial charge in [-0.3, -0.25) is 9.59 Å². The molecule has 4 aromatic rings. The Balaban J connectivity index is 1.68. The van der Waals surface area contributed by atoms with E-state index in [1.54, 1.807) is 22.8 Å². The third-order valence-electron chi connectivity index (χ3n) is 6.15. The van der Waals surface area contributed by atoms with Gasteiger partial charge in [0, 0.05) is 36.0 Å². The topological polar surface area (TPSA) is 78.1 Å². The first-order chi connectivity index (χ1) is 16.6. The molecule has 1 saturated heterocycles. The molecule has 0 saturated carbocycles. The highest BCUT2D eigenvalue weighted by Crippen LogP contribution is 2.32. The van der Waals surface area contributed by atoms with Gasteiger partial charge in [-0.15, -0.1) is 0 Å². The van der Waals surface area contributed by atoms with Crippen LogP contribution >= 0.6 is 11.3 Å². The lowest BCUT2D eigenvalue weighted by Crippen LogP contribution is -2.55. The number of fused-ring (bicyclic) bond motifs is 1. The van der Waals surface area contributed by atoms with Crippen LogP contribution in [0.25, 0.3) is 10.9 Å². The number of anilines is 1. The van der Waals surface area contributed by atoms with Crippen molar-refractivity contribution in [2.45, 2.75) is 12.6 Å². The number of carbonyl (C=O) groups excluding carboxylic acids is 1. The Hall–Kier alpha value is -3.80. The number of nitrogens with zero attached hydrogens (tertiary/aromatic N) is 3. The van der Waals surface area contributed by atoms with Crippen LogP contribution < -0.4 is 15.8 Å². The number of piperazine rings is 1. The highest BCUT2D eigenvalue weighted by atomic mass is 32.1. The predicted molar refractivity (Wildman–Crippen MR) is 131 cm³/mol. The van der Waals surface area contributed by atoms with E-state index in [1.807, 2.05) is 39.9 Å². The second-order valence-electron chi connectivity index (χ2n) is 8.16. The van der Waals surface area contributed by atoms with Crippen molar-refractivity contribution in [1.29, 1.82) is 5.26 Å². The van der Waals surface area contributed by atoms with Crippen molar-refractivity contribution in [3.8, 4) is 6.07 Å². The highest BCUT2D eigenvalue weighted by molar-refractivity contribution is 7.08. The van der Waals surface area contributed by atoms with Gasteiger partial charge in [-0.25, -0.2) is 4.39 Å². The average Bonchev–Trinajstić information content (AvgIpc) is 3.41. The number of carbonyl (C=O) groups is 1. The summed E-state index contributed by atoms with van der Waals surface area (Å²) in [5, 5.41) is 17.8. The molecule has 0 bridgehead atoms. The Morgan fingerprint density at radius 3 is 2.71 bits per heavy atom. The van der Waals surface area contributed by atoms with Crippen LogP contribution in [0.5, 0.6) is 0 Å². The average molecular weight is 473 g/mol. The van der Waals surface area contributed by atoms with Gasteiger partial charge >= 0.3 is 0 Å². The van der Waals surface area contributed by atoms with Gasteiger partial charge in [-0.05, 0) is 35.2 Å². The number of hydrogen-bond donors (Lipinski definition) is 1. The van der Waals surface area contributed by atoms with Crippen LogP contribution in [-0.4, -0.2) is 36.0 Å². The molecular formula is C26H21FN4O2S. The maximum absolute atomic E-state index is 13.6. The maximum Gasteiger partial charge on any atom is 0.271 e. The number of hydrogen-bond acceptors (Lipinski definition) is 6. The molecule has 2 aromatic carbocycles. The molecule has 6 nitrogen and oxygen atoms in total. The van der Waals surface area contributed by atoms with Gasteiger partial charge in [-0.2, -0.15) is 16.6 Å². The number of aromatic nitrogens is 1. The fraction of sp³-hybridized carbons (Fsp3) is 0.192. The molecule has 5 rings (SSSR count). The molecule has 1 aliphatic rings. The standard InChI is InChI=1S/C26H21FN4O2S/c27-19-7-5-17(6-8-19)15-31-22-4-2-1-3-20(22)24(21(13-28)26(31)33)30-11-10-29-14-23(30)25(32)18-9-12-34-16-18/h1-9,12,16,23,29H,10-11,14-15H2. The van der Waals surface area contributed by atoms with Crippen LogP contribution in [0.15, 0.2) is 70.2 Å². The zero-order valence-corrected chi connectivity index (χ0v) is 19.0. The van der Waals surface area contributed by atoms with Gasteiger partial charge < -0.3 is 14.8 Å². The molecule has 0 amide bonds. The Morgan fingerprint density at radius 1 is 1.18 bits per heavy atom. The fourth-order valence-electron chi connectivity index (χ4n) is 4.52. The molecule has 0 radical (unpaired) electrons. The van der Waals surface area contributed by atoms with Crippen LogP contribution in [0, 0.1) is 17.1 Å². The summed E-state index contributed by atoms with van der Waals surface area (Å²) in [6.07, 6.45) is 0. The van der Waals surface area contributed by atoms with Gasteiger partial charge in [-0.1, -0.05) is 30.3 Å². The van der Waals surface area contributed by atoms with E-state index in [1.165, 1.54) is 23.5 Å². The predicted octanol–water partition coefficient (Wildman–Crippen LogP) is 3.78. The van der Waals surface area contributed by atoms with Crippen LogP contribution in [-0.2, 0) is 6.54 Å². The third kappa shape index (κ3) is 3.89. The van der Waals surface area contributed by atoms with Gasteiger partial charge in [0.1, 0.15) is 23.5 Å². The summed E-state index contributed by atoms with van der Waals surface area (Å²) in [7, 11) is 0. The zero-order chi connectivity index (χ0) is 23.7. The van der Waals surface area contributed by atoms with Gasteiger partial charge in [0.05, 0.1) is 17.7 Å². The molecule has 8 heteroatoms. The van der Waals surface area contributed by atoms with Crippen molar-refractivity contribution in [1.82, 2.24) is 9.88 Å². The van der Waals surface area contributed by atoms with Crippen LogP contribution in [0.3, 0.4) is 0 Å². The molecule has 2 aromatic heterocycles. The summed E-state index contributed by atoms with van der Waals surface area (Å²) in [6.45, 7) is 1.74. The largest absolute Gasteiger partial charge is 0.357 e. The molecular weight excluding hydrogens is 451 g/mol. The number of halogens is 1. The van der Waals surface area contributed by atoms with Crippen LogP contribution in [0.2, 0.25) is 0 Å². The zero-order valence-electron chi connectivity index (χ0n) is 18.2. The first-order valence-corrected chi connectivity index (χ1v) is 11.9. The normalized spacial score (nSPS) is 15.9. The van der Waals surface area contributed by atoms with Crippen LogP contribution in [0.1, 0.15) is 21.5 Å². The van der Waals surface area contributed by atoms with E-state index < -0.39 is 11.6 Å². The summed E-state index contributed by atoms with van der Waals surface area (Å²) in [4.78, 5) is 28.8. The number of thiophene rings is 1. The quantitative estimate of drug-likeness (QED) is 0.447. The number of benzene rings is 2. The number of pyridine rings is 1. The first kappa shape index (κ1) is 22.0. The van der Waals surface area contributed by atoms with E-state index in [0.29, 0.717) is 36.4 Å². The lowest BCUT2D eigenvalue weighted by atomic mass is 9.99. The van der Waals surface area contributed by atoms with E-state index >= 15 is 0 Å². The van der Waals surface area contributed by atoms with Crippen molar-refractivity contribution in [3.63, 3.8) is 0 Å². The second-order valence-corrected chi connectivity index (χ2v) is 8.94. The summed E-state index contributed by atoms with van der Waals surface area (Å²) in [5.74, 6) is -0.397. The molecule has 34 heavy (non-hydrogen) atoms.